The Kier molecular flexibility index (Phi) is 6.98. The first-order valence-corrected chi connectivity index (χ1v) is 8.28. The lowest BCUT2D eigenvalue weighted by Gasteiger charge is -2.42. The second-order valence-electron chi connectivity index (χ2n) is 5.96. The molecule has 0 bridgehead atoms. The molecule has 1 aromatic rings. The molecular formula is C18H25NO7. The molecule has 0 radical (unpaired) electrons. The number of methoxy groups -OCH3 is 1. The molecule has 8 heteroatoms. The molecule has 144 valence electrons. The van der Waals surface area contributed by atoms with E-state index in [1.54, 1.807) is 12.1 Å². The fraction of sp³-hybridized carbons (Fsp3) is 0.500. The van der Waals surface area contributed by atoms with Gasteiger partial charge >= 0.3 is 0 Å². The molecule has 1 aliphatic heterocycles. The van der Waals surface area contributed by atoms with Gasteiger partial charge in [-0.15, -0.1) is 0 Å². The third-order valence-electron chi connectivity index (χ3n) is 4.04. The lowest BCUT2D eigenvalue weighted by Crippen LogP contribution is -2.65. The average Bonchev–Trinajstić information content (AvgIpc) is 2.62. The van der Waals surface area contributed by atoms with E-state index in [2.05, 4.69) is 5.32 Å². The number of hydrogen-bond acceptors (Lipinski definition) is 7. The van der Waals surface area contributed by atoms with Crippen molar-refractivity contribution in [3.05, 3.63) is 29.8 Å². The smallest absolute Gasteiger partial charge is 0.223 e. The van der Waals surface area contributed by atoms with Gasteiger partial charge in [0.05, 0.1) is 13.7 Å². The highest BCUT2D eigenvalue weighted by atomic mass is 16.7. The van der Waals surface area contributed by atoms with Crippen LogP contribution < -0.4 is 14.8 Å². The Morgan fingerprint density at radius 2 is 2.04 bits per heavy atom. The summed E-state index contributed by atoms with van der Waals surface area (Å²) >= 11 is 0. The summed E-state index contributed by atoms with van der Waals surface area (Å²) in [6, 6.07) is 4.22. The molecule has 26 heavy (non-hydrogen) atoms. The van der Waals surface area contributed by atoms with E-state index in [9.17, 15) is 20.1 Å². The van der Waals surface area contributed by atoms with Crippen molar-refractivity contribution in [2.45, 2.75) is 44.5 Å². The summed E-state index contributed by atoms with van der Waals surface area (Å²) in [5.41, 5.74) is 0.906. The number of aliphatic hydroxyl groups is 3. The highest BCUT2D eigenvalue weighted by molar-refractivity contribution is 5.73. The summed E-state index contributed by atoms with van der Waals surface area (Å²) in [4.78, 5) is 11.5. The van der Waals surface area contributed by atoms with Crippen molar-refractivity contribution in [3.8, 4) is 11.5 Å². The Labute approximate surface area is 152 Å². The van der Waals surface area contributed by atoms with Crippen molar-refractivity contribution in [2.24, 2.45) is 0 Å². The summed E-state index contributed by atoms with van der Waals surface area (Å²) < 4.78 is 16.7. The molecule has 1 heterocycles. The van der Waals surface area contributed by atoms with Crippen LogP contribution in [0.1, 0.15) is 19.4 Å². The zero-order valence-corrected chi connectivity index (χ0v) is 15.0. The molecule has 0 unspecified atom stereocenters. The van der Waals surface area contributed by atoms with Gasteiger partial charge in [0.25, 0.3) is 0 Å². The molecule has 0 spiro atoms. The van der Waals surface area contributed by atoms with Crippen LogP contribution in [0.25, 0.3) is 6.08 Å². The van der Waals surface area contributed by atoms with Crippen molar-refractivity contribution in [1.29, 1.82) is 0 Å². The van der Waals surface area contributed by atoms with E-state index in [1.807, 2.05) is 25.1 Å². The second-order valence-corrected chi connectivity index (χ2v) is 5.96. The fourth-order valence-electron chi connectivity index (χ4n) is 2.77. The average molecular weight is 367 g/mol. The maximum Gasteiger partial charge on any atom is 0.223 e. The number of allylic oxidation sites excluding steroid dienone is 1. The van der Waals surface area contributed by atoms with Gasteiger partial charge in [-0.2, -0.15) is 0 Å². The Morgan fingerprint density at radius 1 is 1.31 bits per heavy atom. The third kappa shape index (κ3) is 4.53. The summed E-state index contributed by atoms with van der Waals surface area (Å²) in [7, 11) is 1.49. The molecule has 1 aliphatic rings. The first kappa shape index (κ1) is 20.2. The number of nitrogens with one attached hydrogen (secondary N) is 1. The van der Waals surface area contributed by atoms with Gasteiger partial charge in [-0.3, -0.25) is 4.79 Å². The number of carbonyl (C=O) groups excluding carboxylic acids is 1. The van der Waals surface area contributed by atoms with Crippen molar-refractivity contribution in [2.75, 3.05) is 13.7 Å². The zero-order chi connectivity index (χ0) is 19.3. The van der Waals surface area contributed by atoms with Crippen molar-refractivity contribution >= 4 is 12.0 Å². The molecule has 8 nitrogen and oxygen atoms in total. The van der Waals surface area contributed by atoms with Crippen LogP contribution in [0.4, 0.5) is 0 Å². The molecule has 0 aromatic heterocycles. The van der Waals surface area contributed by atoms with Gasteiger partial charge < -0.3 is 34.8 Å². The zero-order valence-electron chi connectivity index (χ0n) is 15.0. The van der Waals surface area contributed by atoms with Crippen LogP contribution in [0.15, 0.2) is 24.3 Å². The summed E-state index contributed by atoms with van der Waals surface area (Å²) in [5, 5.41) is 32.2. The van der Waals surface area contributed by atoms with Crippen LogP contribution in [-0.4, -0.2) is 65.6 Å². The number of hydrogen-bond donors (Lipinski definition) is 4. The van der Waals surface area contributed by atoms with Gasteiger partial charge in [0.1, 0.15) is 24.4 Å². The predicted octanol–water partition coefficient (Wildman–Crippen LogP) is 0.0508. The second kappa shape index (κ2) is 9.00. The molecule has 5 atom stereocenters. The first-order valence-electron chi connectivity index (χ1n) is 8.28. The molecule has 2 rings (SSSR count). The van der Waals surface area contributed by atoms with Gasteiger partial charge in [0.15, 0.2) is 11.5 Å². The SMILES string of the molecule is C/C=C/c1ccc(O[C@@H]2O[C@H](CO)[C@H](O)[C@@H](O)[C@@H]2NC(C)=O)c(OC)c1. The molecule has 1 saturated heterocycles. The van der Waals surface area contributed by atoms with Gasteiger partial charge in [-0.05, 0) is 24.6 Å². The van der Waals surface area contributed by atoms with E-state index in [0.29, 0.717) is 11.5 Å². The molecule has 4 N–H and O–H groups in total. The maximum atomic E-state index is 11.5. The van der Waals surface area contributed by atoms with Gasteiger partial charge in [0, 0.05) is 6.92 Å². The van der Waals surface area contributed by atoms with Crippen LogP contribution >= 0.6 is 0 Å². The van der Waals surface area contributed by atoms with Crippen LogP contribution in [0.2, 0.25) is 0 Å². The van der Waals surface area contributed by atoms with E-state index in [-0.39, 0.29) is 0 Å². The van der Waals surface area contributed by atoms with Crippen LogP contribution in [0, 0.1) is 0 Å². The normalized spacial score (nSPS) is 28.8. The number of benzene rings is 1. The summed E-state index contributed by atoms with van der Waals surface area (Å²) in [5.74, 6) is 0.351. The number of aliphatic hydroxyl groups excluding tert-OH is 3. The minimum atomic E-state index is -1.37. The first-order chi connectivity index (χ1) is 12.4. The van der Waals surface area contributed by atoms with Gasteiger partial charge in [-0.1, -0.05) is 18.2 Å². The van der Waals surface area contributed by atoms with Crippen molar-refractivity contribution < 1.29 is 34.3 Å². The molecular weight excluding hydrogens is 342 g/mol. The monoisotopic (exact) mass is 367 g/mol. The Bertz CT molecular complexity index is 648. The fourth-order valence-corrected chi connectivity index (χ4v) is 2.77. The molecule has 1 amide bonds. The largest absolute Gasteiger partial charge is 0.493 e. The van der Waals surface area contributed by atoms with E-state index in [1.165, 1.54) is 14.0 Å². The molecule has 0 saturated carbocycles. The summed E-state index contributed by atoms with van der Waals surface area (Å²) in [6.07, 6.45) is -1.13. The van der Waals surface area contributed by atoms with Crippen LogP contribution in [0.3, 0.4) is 0 Å². The Morgan fingerprint density at radius 3 is 2.62 bits per heavy atom. The maximum absolute atomic E-state index is 11.5. The highest BCUT2D eigenvalue weighted by Gasteiger charge is 2.46. The standard InChI is InChI=1S/C18H25NO7/c1-4-5-11-6-7-12(13(8-11)24-3)25-18-15(19-10(2)21)17(23)16(22)14(9-20)26-18/h4-8,14-18,20,22-23H,9H2,1-3H3,(H,19,21)/b5-4+/t14-,15+,16+,17+,18-/m1/s1. The highest BCUT2D eigenvalue weighted by Crippen LogP contribution is 2.32. The number of ether oxygens (including phenoxy) is 3. The van der Waals surface area contributed by atoms with Crippen LogP contribution in [0.5, 0.6) is 11.5 Å². The number of carbonyl (C=O) groups is 1. The van der Waals surface area contributed by atoms with Gasteiger partial charge in [0.2, 0.25) is 12.2 Å². The number of amides is 1. The van der Waals surface area contributed by atoms with E-state index >= 15 is 0 Å². The quantitative estimate of drug-likeness (QED) is 0.561. The van der Waals surface area contributed by atoms with E-state index in [4.69, 9.17) is 14.2 Å². The summed E-state index contributed by atoms with van der Waals surface area (Å²) in [6.45, 7) is 2.66. The lowest BCUT2D eigenvalue weighted by atomic mass is 9.97. The van der Waals surface area contributed by atoms with Crippen LogP contribution in [-0.2, 0) is 9.53 Å². The minimum absolute atomic E-state index is 0.335. The lowest BCUT2D eigenvalue weighted by molar-refractivity contribution is -0.244. The molecule has 1 fully saturated rings. The third-order valence-corrected chi connectivity index (χ3v) is 4.04. The van der Waals surface area contributed by atoms with Gasteiger partial charge in [-0.25, -0.2) is 0 Å². The number of rotatable bonds is 6. The molecule has 1 aromatic carbocycles. The van der Waals surface area contributed by atoms with E-state index in [0.717, 1.165) is 5.56 Å². The Hall–Kier alpha value is -2.13. The van der Waals surface area contributed by atoms with E-state index < -0.39 is 43.2 Å². The molecule has 0 aliphatic carbocycles. The topological polar surface area (TPSA) is 117 Å². The van der Waals surface area contributed by atoms with Crippen molar-refractivity contribution in [3.63, 3.8) is 0 Å². The predicted molar refractivity (Wildman–Crippen MR) is 93.7 cm³/mol. The Balaban J connectivity index is 2.29. The van der Waals surface area contributed by atoms with Crippen molar-refractivity contribution in [1.82, 2.24) is 5.32 Å². The minimum Gasteiger partial charge on any atom is -0.493 e.